The highest BCUT2D eigenvalue weighted by Gasteiger charge is 2.22. The summed E-state index contributed by atoms with van der Waals surface area (Å²) in [6, 6.07) is 19.1. The minimum atomic E-state index is -0.00623. The zero-order valence-electron chi connectivity index (χ0n) is 14.4. The van der Waals surface area contributed by atoms with Crippen molar-refractivity contribution in [3.63, 3.8) is 0 Å². The molecule has 0 atom stereocenters. The van der Waals surface area contributed by atoms with Crippen molar-refractivity contribution in [2.45, 2.75) is 19.3 Å². The Kier molecular flexibility index (Phi) is 6.63. The predicted molar refractivity (Wildman–Crippen MR) is 94.0 cm³/mol. The van der Waals surface area contributed by atoms with Crippen LogP contribution in [0, 0.1) is 0 Å². The molecule has 2 N–H and O–H groups in total. The largest absolute Gasteiger partial charge is 0.488 e. The lowest BCUT2D eigenvalue weighted by molar-refractivity contribution is -0.656. The molecule has 0 aromatic heterocycles. The zero-order chi connectivity index (χ0) is 16.5. The van der Waals surface area contributed by atoms with Crippen LogP contribution in [0.4, 0.5) is 0 Å². The molecule has 3 heteroatoms. The number of hydrogen-bond donors (Lipinski definition) is 1. The van der Waals surface area contributed by atoms with Crippen LogP contribution in [0.3, 0.4) is 0 Å². The zero-order valence-corrected chi connectivity index (χ0v) is 14.4. The van der Waals surface area contributed by atoms with E-state index < -0.39 is 0 Å². The summed E-state index contributed by atoms with van der Waals surface area (Å²) in [5.41, 5.74) is 2.61. The number of hydrogen-bond acceptors (Lipinski definition) is 2. The maximum Gasteiger partial charge on any atom is 0.137 e. The van der Waals surface area contributed by atoms with E-state index in [0.717, 1.165) is 25.4 Å². The van der Waals surface area contributed by atoms with Crippen molar-refractivity contribution < 1.29 is 14.8 Å². The maximum absolute atomic E-state index is 5.79. The third-order valence-electron chi connectivity index (χ3n) is 4.19. The van der Waals surface area contributed by atoms with Crippen molar-refractivity contribution >= 4 is 0 Å². The van der Waals surface area contributed by atoms with Crippen LogP contribution in [0.15, 0.2) is 54.6 Å². The molecular weight excluding hydrogens is 286 g/mol. The van der Waals surface area contributed by atoms with Gasteiger partial charge in [0.05, 0.1) is 13.2 Å². The molecule has 2 rings (SSSR count). The van der Waals surface area contributed by atoms with Gasteiger partial charge in [0, 0.05) is 12.5 Å². The van der Waals surface area contributed by atoms with Gasteiger partial charge in [0.15, 0.2) is 0 Å². The van der Waals surface area contributed by atoms with E-state index in [9.17, 15) is 0 Å². The Morgan fingerprint density at radius 1 is 0.826 bits per heavy atom. The monoisotopic (exact) mass is 314 g/mol. The molecule has 2 aromatic rings. The third kappa shape index (κ3) is 5.08. The van der Waals surface area contributed by atoms with Gasteiger partial charge in [-0.25, -0.2) is 0 Å². The van der Waals surface area contributed by atoms with Gasteiger partial charge in [0.2, 0.25) is 0 Å². The van der Waals surface area contributed by atoms with E-state index in [-0.39, 0.29) is 5.41 Å². The van der Waals surface area contributed by atoms with Crippen molar-refractivity contribution in [1.29, 1.82) is 0 Å². The van der Waals surface area contributed by atoms with Crippen molar-refractivity contribution in [2.24, 2.45) is 0 Å². The van der Waals surface area contributed by atoms with Crippen LogP contribution < -0.4 is 10.1 Å². The molecule has 0 saturated carbocycles. The second kappa shape index (κ2) is 8.70. The number of methoxy groups -OCH3 is 1. The van der Waals surface area contributed by atoms with Gasteiger partial charge >= 0.3 is 0 Å². The summed E-state index contributed by atoms with van der Waals surface area (Å²) >= 11 is 0. The fourth-order valence-corrected chi connectivity index (χ4v) is 2.59. The number of rotatable bonds is 9. The second-order valence-corrected chi connectivity index (χ2v) is 6.22. The average molecular weight is 314 g/mol. The summed E-state index contributed by atoms with van der Waals surface area (Å²) in [4.78, 5) is 0. The Labute approximate surface area is 139 Å². The van der Waals surface area contributed by atoms with Gasteiger partial charge in [-0.1, -0.05) is 56.3 Å². The molecule has 0 spiro atoms. The fraction of sp³-hybridized carbons (Fsp3) is 0.400. The second-order valence-electron chi connectivity index (χ2n) is 6.22. The topological polar surface area (TPSA) is 35.1 Å². The van der Waals surface area contributed by atoms with Crippen LogP contribution in [-0.2, 0) is 10.2 Å². The molecule has 0 aliphatic heterocycles. The first-order valence-electron chi connectivity index (χ1n) is 8.24. The van der Waals surface area contributed by atoms with Gasteiger partial charge in [-0.05, 0) is 23.3 Å². The van der Waals surface area contributed by atoms with Crippen molar-refractivity contribution in [3.8, 4) is 5.75 Å². The summed E-state index contributed by atoms with van der Waals surface area (Å²) in [5.74, 6) is 0.928. The summed E-state index contributed by atoms with van der Waals surface area (Å²) in [7, 11) is 1.73. The van der Waals surface area contributed by atoms with E-state index in [2.05, 4.69) is 73.8 Å². The van der Waals surface area contributed by atoms with E-state index in [1.165, 1.54) is 11.1 Å². The summed E-state index contributed by atoms with van der Waals surface area (Å²) in [6.45, 7) is 7.92. The normalized spacial score (nSPS) is 11.4. The third-order valence-corrected chi connectivity index (χ3v) is 4.19. The minimum absolute atomic E-state index is 0.00623. The SMILES string of the molecule is COCC[NH2+]CCOc1ccc(C(C)(C)c2ccccc2)cc1. The lowest BCUT2D eigenvalue weighted by Gasteiger charge is -2.26. The van der Waals surface area contributed by atoms with Gasteiger partial charge in [-0.15, -0.1) is 0 Å². The Morgan fingerprint density at radius 2 is 1.43 bits per heavy atom. The Hall–Kier alpha value is -1.84. The molecule has 0 heterocycles. The first kappa shape index (κ1) is 17.5. The van der Waals surface area contributed by atoms with Crippen LogP contribution in [0.5, 0.6) is 5.75 Å². The average Bonchev–Trinajstić information content (AvgIpc) is 2.59. The summed E-state index contributed by atoms with van der Waals surface area (Å²) in [6.07, 6.45) is 0. The molecule has 0 radical (unpaired) electrons. The van der Waals surface area contributed by atoms with Gasteiger partial charge in [-0.3, -0.25) is 0 Å². The van der Waals surface area contributed by atoms with Crippen LogP contribution in [0.2, 0.25) is 0 Å². The highest BCUT2D eigenvalue weighted by molar-refractivity contribution is 5.39. The van der Waals surface area contributed by atoms with Crippen molar-refractivity contribution in [2.75, 3.05) is 33.4 Å². The van der Waals surface area contributed by atoms with E-state index in [1.54, 1.807) is 7.11 Å². The molecule has 0 amide bonds. The Morgan fingerprint density at radius 3 is 2.09 bits per heavy atom. The van der Waals surface area contributed by atoms with E-state index >= 15 is 0 Å². The molecule has 0 aliphatic rings. The Balaban J connectivity index is 1.89. The quantitative estimate of drug-likeness (QED) is 0.722. The first-order chi connectivity index (χ1) is 11.1. The van der Waals surface area contributed by atoms with Gasteiger partial charge < -0.3 is 14.8 Å². The summed E-state index contributed by atoms with van der Waals surface area (Å²) in [5, 5.41) is 2.20. The Bertz CT molecular complexity index is 564. The molecule has 0 bridgehead atoms. The van der Waals surface area contributed by atoms with E-state index in [4.69, 9.17) is 9.47 Å². The number of benzene rings is 2. The van der Waals surface area contributed by atoms with Gasteiger partial charge in [0.25, 0.3) is 0 Å². The van der Waals surface area contributed by atoms with E-state index in [1.807, 2.05) is 0 Å². The smallest absolute Gasteiger partial charge is 0.137 e. The maximum atomic E-state index is 5.79. The molecule has 124 valence electrons. The van der Waals surface area contributed by atoms with Crippen LogP contribution in [0.1, 0.15) is 25.0 Å². The summed E-state index contributed by atoms with van der Waals surface area (Å²) < 4.78 is 10.8. The number of quaternary nitrogens is 1. The van der Waals surface area contributed by atoms with Crippen molar-refractivity contribution in [1.82, 2.24) is 0 Å². The van der Waals surface area contributed by atoms with Crippen molar-refractivity contribution in [3.05, 3.63) is 65.7 Å². The van der Waals surface area contributed by atoms with Crippen LogP contribution in [-0.4, -0.2) is 33.4 Å². The molecule has 3 nitrogen and oxygen atoms in total. The van der Waals surface area contributed by atoms with Crippen LogP contribution >= 0.6 is 0 Å². The fourth-order valence-electron chi connectivity index (χ4n) is 2.59. The number of ether oxygens (including phenoxy) is 2. The lowest BCUT2D eigenvalue weighted by atomic mass is 9.78. The standard InChI is InChI=1S/C20H27NO2/c1-20(2,17-7-5-4-6-8-17)18-9-11-19(12-10-18)23-16-14-21-13-15-22-3/h4-12,21H,13-16H2,1-3H3/p+1. The molecule has 2 aromatic carbocycles. The van der Waals surface area contributed by atoms with Crippen LogP contribution in [0.25, 0.3) is 0 Å². The molecule has 23 heavy (non-hydrogen) atoms. The molecule has 0 fully saturated rings. The van der Waals surface area contributed by atoms with E-state index in [0.29, 0.717) is 6.61 Å². The molecule has 0 aliphatic carbocycles. The molecular formula is C20H28NO2+. The predicted octanol–water partition coefficient (Wildman–Crippen LogP) is 2.60. The highest BCUT2D eigenvalue weighted by Crippen LogP contribution is 2.32. The lowest BCUT2D eigenvalue weighted by Crippen LogP contribution is -2.86. The molecule has 0 unspecified atom stereocenters. The number of nitrogens with two attached hydrogens (primary N) is 1. The highest BCUT2D eigenvalue weighted by atomic mass is 16.5. The van der Waals surface area contributed by atoms with Gasteiger partial charge in [-0.2, -0.15) is 0 Å². The minimum Gasteiger partial charge on any atom is -0.488 e. The first-order valence-corrected chi connectivity index (χ1v) is 8.24. The van der Waals surface area contributed by atoms with Gasteiger partial charge in [0.1, 0.15) is 18.9 Å². The molecule has 0 saturated heterocycles.